The van der Waals surface area contributed by atoms with Crippen LogP contribution in [-0.4, -0.2) is 22.4 Å². The summed E-state index contributed by atoms with van der Waals surface area (Å²) in [6.45, 7) is 5.19. The third kappa shape index (κ3) is 4.08. The third-order valence-electron chi connectivity index (χ3n) is 3.62. The first kappa shape index (κ1) is 15.1. The van der Waals surface area contributed by atoms with Crippen LogP contribution in [0.1, 0.15) is 22.5 Å². The van der Waals surface area contributed by atoms with E-state index in [1.165, 1.54) is 5.56 Å². The van der Waals surface area contributed by atoms with Crippen LogP contribution in [0.25, 0.3) is 0 Å². The number of amides is 2. The van der Waals surface area contributed by atoms with Gasteiger partial charge in [-0.1, -0.05) is 30.3 Å². The second-order valence-corrected chi connectivity index (χ2v) is 5.12. The topological polar surface area (TPSA) is 59.0 Å². The van der Waals surface area contributed by atoms with Crippen molar-refractivity contribution >= 4 is 6.03 Å². The first-order chi connectivity index (χ1) is 10.1. The Kier molecular flexibility index (Phi) is 4.98. The van der Waals surface area contributed by atoms with Crippen molar-refractivity contribution in [3.63, 3.8) is 0 Å². The molecule has 0 unspecified atom stereocenters. The maximum Gasteiger partial charge on any atom is 0.315 e. The van der Waals surface area contributed by atoms with Gasteiger partial charge in [0, 0.05) is 25.8 Å². The van der Waals surface area contributed by atoms with E-state index in [0.717, 1.165) is 23.4 Å². The van der Waals surface area contributed by atoms with Crippen LogP contribution < -0.4 is 10.6 Å². The standard InChI is InChI=1S/C16H22N4O/c1-12-15(13(2)20(3)19-12)9-10-17-16(21)18-11-14-7-5-4-6-8-14/h4-8H,9-11H2,1-3H3,(H2,17,18,21). The lowest BCUT2D eigenvalue weighted by Crippen LogP contribution is -2.36. The van der Waals surface area contributed by atoms with Crippen molar-refractivity contribution in [3.8, 4) is 0 Å². The van der Waals surface area contributed by atoms with Gasteiger partial charge in [-0.05, 0) is 31.4 Å². The Labute approximate surface area is 125 Å². The molecule has 0 atom stereocenters. The Balaban J connectivity index is 1.74. The van der Waals surface area contributed by atoms with E-state index < -0.39 is 0 Å². The predicted octanol–water partition coefficient (Wildman–Crippen LogP) is 2.08. The highest BCUT2D eigenvalue weighted by atomic mass is 16.2. The number of carbonyl (C=O) groups excluding carboxylic acids is 1. The maximum absolute atomic E-state index is 11.7. The lowest BCUT2D eigenvalue weighted by atomic mass is 10.1. The van der Waals surface area contributed by atoms with E-state index in [2.05, 4.69) is 15.7 Å². The molecule has 0 aliphatic rings. The fourth-order valence-electron chi connectivity index (χ4n) is 2.32. The molecule has 1 aromatic heterocycles. The molecule has 0 bridgehead atoms. The van der Waals surface area contributed by atoms with E-state index in [9.17, 15) is 4.79 Å². The van der Waals surface area contributed by atoms with E-state index in [1.807, 2.05) is 55.9 Å². The van der Waals surface area contributed by atoms with Crippen molar-refractivity contribution in [1.29, 1.82) is 0 Å². The highest BCUT2D eigenvalue weighted by Crippen LogP contribution is 2.11. The third-order valence-corrected chi connectivity index (χ3v) is 3.62. The molecule has 1 heterocycles. The average Bonchev–Trinajstić information content (AvgIpc) is 2.72. The van der Waals surface area contributed by atoms with Crippen LogP contribution in [0, 0.1) is 13.8 Å². The molecule has 0 radical (unpaired) electrons. The molecule has 0 saturated carbocycles. The molecular formula is C16H22N4O. The fourth-order valence-corrected chi connectivity index (χ4v) is 2.32. The van der Waals surface area contributed by atoms with Gasteiger partial charge in [0.2, 0.25) is 0 Å². The number of aryl methyl sites for hydroxylation is 2. The van der Waals surface area contributed by atoms with Crippen molar-refractivity contribution in [1.82, 2.24) is 20.4 Å². The number of nitrogens with zero attached hydrogens (tertiary/aromatic N) is 2. The van der Waals surface area contributed by atoms with Gasteiger partial charge < -0.3 is 10.6 Å². The number of nitrogens with one attached hydrogen (secondary N) is 2. The minimum Gasteiger partial charge on any atom is -0.338 e. The zero-order valence-electron chi connectivity index (χ0n) is 12.8. The van der Waals surface area contributed by atoms with Crippen molar-refractivity contribution in [2.45, 2.75) is 26.8 Å². The second kappa shape index (κ2) is 6.92. The number of urea groups is 1. The van der Waals surface area contributed by atoms with Crippen molar-refractivity contribution in [2.75, 3.05) is 6.54 Å². The van der Waals surface area contributed by atoms with E-state index >= 15 is 0 Å². The van der Waals surface area contributed by atoms with E-state index in [-0.39, 0.29) is 6.03 Å². The minimum atomic E-state index is -0.141. The van der Waals surface area contributed by atoms with Gasteiger partial charge in [-0.3, -0.25) is 4.68 Å². The van der Waals surface area contributed by atoms with Gasteiger partial charge >= 0.3 is 6.03 Å². The molecule has 2 aromatic rings. The number of hydrogen-bond donors (Lipinski definition) is 2. The van der Waals surface area contributed by atoms with Crippen molar-refractivity contribution < 1.29 is 4.79 Å². The normalized spacial score (nSPS) is 10.4. The monoisotopic (exact) mass is 286 g/mol. The van der Waals surface area contributed by atoms with Gasteiger partial charge in [-0.25, -0.2) is 4.79 Å². The summed E-state index contributed by atoms with van der Waals surface area (Å²) in [6.07, 6.45) is 0.796. The van der Waals surface area contributed by atoms with Gasteiger partial charge in [0.25, 0.3) is 0 Å². The van der Waals surface area contributed by atoms with E-state index in [4.69, 9.17) is 0 Å². The number of aromatic nitrogens is 2. The lowest BCUT2D eigenvalue weighted by molar-refractivity contribution is 0.240. The van der Waals surface area contributed by atoms with Gasteiger partial charge in [-0.2, -0.15) is 5.10 Å². The molecular weight excluding hydrogens is 264 g/mol. The summed E-state index contributed by atoms with van der Waals surface area (Å²) in [7, 11) is 1.94. The van der Waals surface area contributed by atoms with Gasteiger partial charge in [0.1, 0.15) is 0 Å². The molecule has 0 fully saturated rings. The van der Waals surface area contributed by atoms with Crippen LogP contribution in [-0.2, 0) is 20.0 Å². The average molecular weight is 286 g/mol. The summed E-state index contributed by atoms with van der Waals surface area (Å²) in [5.74, 6) is 0. The van der Waals surface area contributed by atoms with Crippen LogP contribution in [0.15, 0.2) is 30.3 Å². The van der Waals surface area contributed by atoms with Gasteiger partial charge in [0.15, 0.2) is 0 Å². The molecule has 1 aromatic carbocycles. The SMILES string of the molecule is Cc1nn(C)c(C)c1CCNC(=O)NCc1ccccc1. The summed E-state index contributed by atoms with van der Waals surface area (Å²) in [5.41, 5.74) is 4.48. The largest absolute Gasteiger partial charge is 0.338 e. The van der Waals surface area contributed by atoms with Crippen LogP contribution in [0.4, 0.5) is 4.79 Å². The fraction of sp³-hybridized carbons (Fsp3) is 0.375. The van der Waals surface area contributed by atoms with Crippen LogP contribution in [0.5, 0.6) is 0 Å². The Bertz CT molecular complexity index is 604. The first-order valence-electron chi connectivity index (χ1n) is 7.12. The highest BCUT2D eigenvalue weighted by Gasteiger charge is 2.09. The lowest BCUT2D eigenvalue weighted by Gasteiger charge is -2.08. The molecule has 5 nitrogen and oxygen atoms in total. The Morgan fingerprint density at radius 3 is 2.52 bits per heavy atom. The maximum atomic E-state index is 11.7. The summed E-state index contributed by atoms with van der Waals surface area (Å²) in [6, 6.07) is 9.72. The van der Waals surface area contributed by atoms with Crippen LogP contribution >= 0.6 is 0 Å². The van der Waals surface area contributed by atoms with Crippen LogP contribution in [0.3, 0.4) is 0 Å². The molecule has 21 heavy (non-hydrogen) atoms. The van der Waals surface area contributed by atoms with Crippen LogP contribution in [0.2, 0.25) is 0 Å². The highest BCUT2D eigenvalue weighted by molar-refractivity contribution is 5.73. The molecule has 0 saturated heterocycles. The Morgan fingerprint density at radius 2 is 1.90 bits per heavy atom. The Hall–Kier alpha value is -2.30. The zero-order chi connectivity index (χ0) is 15.2. The molecule has 112 valence electrons. The molecule has 0 spiro atoms. The van der Waals surface area contributed by atoms with Gasteiger partial charge in [-0.15, -0.1) is 0 Å². The molecule has 2 N–H and O–H groups in total. The molecule has 0 aliphatic carbocycles. The number of carbonyl (C=O) groups is 1. The second-order valence-electron chi connectivity index (χ2n) is 5.12. The zero-order valence-corrected chi connectivity index (χ0v) is 12.8. The van der Waals surface area contributed by atoms with Crippen molar-refractivity contribution in [2.24, 2.45) is 7.05 Å². The minimum absolute atomic E-state index is 0.141. The quantitative estimate of drug-likeness (QED) is 0.884. The number of benzene rings is 1. The number of rotatable bonds is 5. The summed E-state index contributed by atoms with van der Waals surface area (Å²) >= 11 is 0. The van der Waals surface area contributed by atoms with Crippen molar-refractivity contribution in [3.05, 3.63) is 52.8 Å². The summed E-state index contributed by atoms with van der Waals surface area (Å²) in [4.78, 5) is 11.7. The summed E-state index contributed by atoms with van der Waals surface area (Å²) in [5, 5.41) is 10.1. The van der Waals surface area contributed by atoms with E-state index in [1.54, 1.807) is 0 Å². The molecule has 5 heteroatoms. The molecule has 2 amide bonds. The first-order valence-corrected chi connectivity index (χ1v) is 7.12. The molecule has 0 aliphatic heterocycles. The molecule has 2 rings (SSSR count). The Morgan fingerprint density at radius 1 is 1.19 bits per heavy atom. The summed E-state index contributed by atoms with van der Waals surface area (Å²) < 4.78 is 1.88. The smallest absolute Gasteiger partial charge is 0.315 e. The number of hydrogen-bond acceptors (Lipinski definition) is 2. The van der Waals surface area contributed by atoms with Gasteiger partial charge in [0.05, 0.1) is 5.69 Å². The van der Waals surface area contributed by atoms with E-state index in [0.29, 0.717) is 13.1 Å². The predicted molar refractivity (Wildman–Crippen MR) is 83.1 cm³/mol.